The van der Waals surface area contributed by atoms with Crippen LogP contribution in [-0.2, 0) is 14.9 Å². The number of ether oxygens (including phenoxy) is 1. The Kier molecular flexibility index (Phi) is 3.95. The number of benzene rings is 1. The SMILES string of the molecule is N[C@@H]1CCN(C(=O)C2(c3cccc(F)c3)CCOCC2)C1. The number of carbonyl (C=O) groups is 1. The molecular formula is C16H21FN2O2. The van der Waals surface area contributed by atoms with Gasteiger partial charge in [-0.3, -0.25) is 4.79 Å². The summed E-state index contributed by atoms with van der Waals surface area (Å²) in [5, 5.41) is 0. The normalized spacial score (nSPS) is 25.0. The molecule has 0 radical (unpaired) electrons. The maximum absolute atomic E-state index is 13.6. The van der Waals surface area contributed by atoms with Crippen molar-refractivity contribution in [1.82, 2.24) is 4.90 Å². The molecule has 2 saturated heterocycles. The van der Waals surface area contributed by atoms with Gasteiger partial charge in [-0.15, -0.1) is 0 Å². The molecule has 2 aliphatic heterocycles. The first-order valence-corrected chi connectivity index (χ1v) is 7.50. The van der Waals surface area contributed by atoms with Gasteiger partial charge in [0.05, 0.1) is 5.41 Å². The van der Waals surface area contributed by atoms with Gasteiger partial charge in [0.25, 0.3) is 0 Å². The number of nitrogens with zero attached hydrogens (tertiary/aromatic N) is 1. The van der Waals surface area contributed by atoms with E-state index < -0.39 is 5.41 Å². The van der Waals surface area contributed by atoms with Crippen molar-refractivity contribution in [1.29, 1.82) is 0 Å². The van der Waals surface area contributed by atoms with E-state index in [9.17, 15) is 9.18 Å². The van der Waals surface area contributed by atoms with E-state index >= 15 is 0 Å². The van der Waals surface area contributed by atoms with Gasteiger partial charge in [0, 0.05) is 32.3 Å². The van der Waals surface area contributed by atoms with E-state index in [-0.39, 0.29) is 17.8 Å². The fourth-order valence-corrected chi connectivity index (χ4v) is 3.41. The molecule has 21 heavy (non-hydrogen) atoms. The van der Waals surface area contributed by atoms with E-state index in [0.717, 1.165) is 12.0 Å². The molecule has 2 N–H and O–H groups in total. The molecule has 1 aromatic rings. The van der Waals surface area contributed by atoms with E-state index in [0.29, 0.717) is 39.1 Å². The highest BCUT2D eigenvalue weighted by atomic mass is 19.1. The van der Waals surface area contributed by atoms with Crippen LogP contribution in [0, 0.1) is 5.82 Å². The molecule has 0 saturated carbocycles. The predicted molar refractivity (Wildman–Crippen MR) is 77.3 cm³/mol. The average molecular weight is 292 g/mol. The van der Waals surface area contributed by atoms with Gasteiger partial charge in [-0.1, -0.05) is 12.1 Å². The lowest BCUT2D eigenvalue weighted by Crippen LogP contribution is -2.49. The van der Waals surface area contributed by atoms with Gasteiger partial charge in [-0.25, -0.2) is 4.39 Å². The predicted octanol–water partition coefficient (Wildman–Crippen LogP) is 1.43. The maximum Gasteiger partial charge on any atom is 0.233 e. The van der Waals surface area contributed by atoms with Gasteiger partial charge in [0.2, 0.25) is 5.91 Å². The number of hydrogen-bond acceptors (Lipinski definition) is 3. The fraction of sp³-hybridized carbons (Fsp3) is 0.562. The maximum atomic E-state index is 13.6. The molecule has 1 aromatic carbocycles. The van der Waals surface area contributed by atoms with E-state index in [1.165, 1.54) is 12.1 Å². The Morgan fingerprint density at radius 2 is 2.14 bits per heavy atom. The van der Waals surface area contributed by atoms with Crippen LogP contribution in [0.25, 0.3) is 0 Å². The summed E-state index contributed by atoms with van der Waals surface area (Å²) in [7, 11) is 0. The Balaban J connectivity index is 1.95. The van der Waals surface area contributed by atoms with Crippen LogP contribution in [-0.4, -0.2) is 43.2 Å². The third kappa shape index (κ3) is 2.68. The highest BCUT2D eigenvalue weighted by molar-refractivity contribution is 5.88. The van der Waals surface area contributed by atoms with Crippen LogP contribution < -0.4 is 5.73 Å². The van der Waals surface area contributed by atoms with E-state index in [1.807, 2.05) is 11.0 Å². The molecule has 4 nitrogen and oxygen atoms in total. The first-order valence-electron chi connectivity index (χ1n) is 7.50. The van der Waals surface area contributed by atoms with E-state index in [2.05, 4.69) is 0 Å². The third-order valence-electron chi connectivity index (χ3n) is 4.64. The topological polar surface area (TPSA) is 55.6 Å². The summed E-state index contributed by atoms with van der Waals surface area (Å²) < 4.78 is 19.0. The molecule has 2 heterocycles. The summed E-state index contributed by atoms with van der Waals surface area (Å²) in [4.78, 5) is 14.9. The molecule has 0 aliphatic carbocycles. The van der Waals surface area contributed by atoms with Crippen molar-refractivity contribution in [3.05, 3.63) is 35.6 Å². The lowest BCUT2D eigenvalue weighted by atomic mass is 9.73. The summed E-state index contributed by atoms with van der Waals surface area (Å²) in [6, 6.07) is 6.47. The van der Waals surface area contributed by atoms with Crippen LogP contribution in [0.2, 0.25) is 0 Å². The molecule has 3 rings (SSSR count). The Morgan fingerprint density at radius 3 is 2.76 bits per heavy atom. The van der Waals surface area contributed by atoms with Crippen LogP contribution in [0.4, 0.5) is 4.39 Å². The first kappa shape index (κ1) is 14.5. The number of rotatable bonds is 2. The fourth-order valence-electron chi connectivity index (χ4n) is 3.41. The Bertz CT molecular complexity index is 529. The second kappa shape index (κ2) is 5.73. The Morgan fingerprint density at radius 1 is 1.38 bits per heavy atom. The van der Waals surface area contributed by atoms with Crippen LogP contribution >= 0.6 is 0 Å². The van der Waals surface area contributed by atoms with E-state index in [4.69, 9.17) is 10.5 Å². The van der Waals surface area contributed by atoms with Gasteiger partial charge in [-0.2, -0.15) is 0 Å². The van der Waals surface area contributed by atoms with E-state index in [1.54, 1.807) is 6.07 Å². The monoisotopic (exact) mass is 292 g/mol. The molecule has 2 aliphatic rings. The zero-order chi connectivity index (χ0) is 14.9. The Hall–Kier alpha value is -1.46. The van der Waals surface area contributed by atoms with Gasteiger partial charge < -0.3 is 15.4 Å². The number of amides is 1. The van der Waals surface area contributed by atoms with Gasteiger partial charge in [0.15, 0.2) is 0 Å². The standard InChI is InChI=1S/C16H21FN2O2/c17-13-3-1-2-12(10-13)16(5-8-21-9-6-16)15(20)19-7-4-14(18)11-19/h1-3,10,14H,4-9,11,18H2/t14-/m1/s1. The first-order chi connectivity index (χ1) is 10.1. The zero-order valence-electron chi connectivity index (χ0n) is 12.1. The van der Waals surface area contributed by atoms with Crippen LogP contribution in [0.15, 0.2) is 24.3 Å². The number of carbonyl (C=O) groups excluding carboxylic acids is 1. The van der Waals surface area contributed by atoms with Crippen molar-refractivity contribution >= 4 is 5.91 Å². The van der Waals surface area contributed by atoms with Crippen LogP contribution in [0.1, 0.15) is 24.8 Å². The van der Waals surface area contributed by atoms with Crippen LogP contribution in [0.5, 0.6) is 0 Å². The van der Waals surface area contributed by atoms with Crippen molar-refractivity contribution in [2.24, 2.45) is 5.73 Å². The largest absolute Gasteiger partial charge is 0.381 e. The zero-order valence-corrected chi connectivity index (χ0v) is 12.1. The smallest absolute Gasteiger partial charge is 0.233 e. The second-order valence-corrected chi connectivity index (χ2v) is 6.00. The van der Waals surface area contributed by atoms with Crippen LogP contribution in [0.3, 0.4) is 0 Å². The number of nitrogens with two attached hydrogens (primary N) is 1. The molecule has 114 valence electrons. The van der Waals surface area contributed by atoms with Crippen molar-refractivity contribution in [2.75, 3.05) is 26.3 Å². The molecule has 5 heteroatoms. The summed E-state index contributed by atoms with van der Waals surface area (Å²) in [6.45, 7) is 2.35. The highest BCUT2D eigenvalue weighted by Gasteiger charge is 2.45. The summed E-state index contributed by atoms with van der Waals surface area (Å²) >= 11 is 0. The number of hydrogen-bond donors (Lipinski definition) is 1. The molecule has 1 atom stereocenters. The molecule has 0 unspecified atom stereocenters. The minimum Gasteiger partial charge on any atom is -0.381 e. The number of likely N-dealkylation sites (tertiary alicyclic amines) is 1. The van der Waals surface area contributed by atoms with Crippen molar-refractivity contribution in [3.63, 3.8) is 0 Å². The van der Waals surface area contributed by atoms with Gasteiger partial charge >= 0.3 is 0 Å². The number of halogens is 1. The second-order valence-electron chi connectivity index (χ2n) is 6.00. The lowest BCUT2D eigenvalue weighted by Gasteiger charge is -2.39. The van der Waals surface area contributed by atoms with Gasteiger partial charge in [-0.05, 0) is 37.0 Å². The van der Waals surface area contributed by atoms with Gasteiger partial charge in [0.1, 0.15) is 5.82 Å². The average Bonchev–Trinajstić information content (AvgIpc) is 2.94. The molecular weight excluding hydrogens is 271 g/mol. The highest BCUT2D eigenvalue weighted by Crippen LogP contribution is 2.37. The van der Waals surface area contributed by atoms with Crippen molar-refractivity contribution in [3.8, 4) is 0 Å². The lowest BCUT2D eigenvalue weighted by molar-refractivity contribution is -0.140. The minimum absolute atomic E-state index is 0.0540. The molecule has 1 amide bonds. The van der Waals surface area contributed by atoms with Crippen molar-refractivity contribution < 1.29 is 13.9 Å². The minimum atomic E-state index is -0.662. The quantitative estimate of drug-likeness (QED) is 0.897. The molecule has 0 spiro atoms. The summed E-state index contributed by atoms with van der Waals surface area (Å²) in [5.41, 5.74) is 6.02. The molecule has 0 aromatic heterocycles. The molecule has 0 bridgehead atoms. The molecule has 2 fully saturated rings. The summed E-state index contributed by atoms with van der Waals surface area (Å²) in [6.07, 6.45) is 2.03. The van der Waals surface area contributed by atoms with Crippen molar-refractivity contribution in [2.45, 2.75) is 30.7 Å². The third-order valence-corrected chi connectivity index (χ3v) is 4.64. The Labute approximate surface area is 124 Å². The summed E-state index contributed by atoms with van der Waals surface area (Å²) in [5.74, 6) is -0.228.